The molecule has 0 amide bonds. The van der Waals surface area contributed by atoms with Crippen molar-refractivity contribution < 1.29 is 0 Å². The summed E-state index contributed by atoms with van der Waals surface area (Å²) in [6.45, 7) is 4.90. The van der Waals surface area contributed by atoms with Crippen molar-refractivity contribution in [1.29, 1.82) is 0 Å². The predicted molar refractivity (Wildman–Crippen MR) is 66.9 cm³/mol. The Bertz CT molecular complexity index is 176. The summed E-state index contributed by atoms with van der Waals surface area (Å²) in [5, 5.41) is 0. The monoisotopic (exact) mass is 208 g/mol. The van der Waals surface area contributed by atoms with Crippen molar-refractivity contribution in [2.24, 2.45) is 17.3 Å². The molecule has 0 nitrogen and oxygen atoms in total. The van der Waals surface area contributed by atoms with Crippen molar-refractivity contribution in [1.82, 2.24) is 0 Å². The largest absolute Gasteiger partial charge is 0.0599 e. The van der Waals surface area contributed by atoms with Crippen molar-refractivity contribution in [3.05, 3.63) is 0 Å². The van der Waals surface area contributed by atoms with E-state index in [-0.39, 0.29) is 0 Å². The molecule has 0 N–H and O–H groups in total. The molecule has 0 heteroatoms. The second-order valence-electron chi connectivity index (χ2n) is 6.85. The number of hydrogen-bond acceptors (Lipinski definition) is 0. The van der Waals surface area contributed by atoms with Gasteiger partial charge in [0.15, 0.2) is 0 Å². The van der Waals surface area contributed by atoms with Gasteiger partial charge in [-0.05, 0) is 49.4 Å². The molecule has 15 heavy (non-hydrogen) atoms. The molecular formula is C15H28. The highest BCUT2D eigenvalue weighted by Crippen LogP contribution is 2.41. The van der Waals surface area contributed by atoms with Gasteiger partial charge in [-0.2, -0.15) is 0 Å². The predicted octanol–water partition coefficient (Wildman–Crippen LogP) is 5.17. The molecule has 0 bridgehead atoms. The Morgan fingerprint density at radius 3 is 1.93 bits per heavy atom. The van der Waals surface area contributed by atoms with Crippen LogP contribution in [0.1, 0.15) is 78.1 Å². The Kier molecular flexibility index (Phi) is 3.74. The molecule has 0 aromatic rings. The van der Waals surface area contributed by atoms with Crippen molar-refractivity contribution >= 4 is 0 Å². The number of rotatable bonds is 2. The first kappa shape index (κ1) is 11.5. The van der Waals surface area contributed by atoms with E-state index >= 15 is 0 Å². The summed E-state index contributed by atoms with van der Waals surface area (Å²) < 4.78 is 0. The van der Waals surface area contributed by atoms with Gasteiger partial charge < -0.3 is 0 Å². The van der Waals surface area contributed by atoms with Crippen molar-refractivity contribution in [3.8, 4) is 0 Å². The highest BCUT2D eigenvalue weighted by molar-refractivity contribution is 4.80. The van der Waals surface area contributed by atoms with Crippen LogP contribution in [-0.2, 0) is 0 Å². The fourth-order valence-electron chi connectivity index (χ4n) is 3.59. The second-order valence-corrected chi connectivity index (χ2v) is 6.85. The average molecular weight is 208 g/mol. The molecule has 88 valence electrons. The van der Waals surface area contributed by atoms with Crippen LogP contribution in [0.25, 0.3) is 0 Å². The Morgan fingerprint density at radius 1 is 0.800 bits per heavy atom. The normalized spacial score (nSPS) is 29.2. The van der Waals surface area contributed by atoms with Gasteiger partial charge in [0.1, 0.15) is 0 Å². The van der Waals surface area contributed by atoms with Crippen LogP contribution >= 0.6 is 0 Å². The van der Waals surface area contributed by atoms with E-state index in [0.717, 1.165) is 11.8 Å². The van der Waals surface area contributed by atoms with Crippen molar-refractivity contribution in [3.63, 3.8) is 0 Å². The lowest BCUT2D eigenvalue weighted by Gasteiger charge is -2.36. The van der Waals surface area contributed by atoms with E-state index in [1.165, 1.54) is 44.9 Å². The minimum atomic E-state index is 0.656. The van der Waals surface area contributed by atoms with Gasteiger partial charge in [0.25, 0.3) is 0 Å². The van der Waals surface area contributed by atoms with Crippen molar-refractivity contribution in [2.45, 2.75) is 78.1 Å². The molecule has 2 aliphatic rings. The zero-order chi connectivity index (χ0) is 10.7. The Labute approximate surface area is 95.8 Å². The third-order valence-electron chi connectivity index (χ3n) is 4.85. The maximum atomic E-state index is 2.45. The molecule has 0 atom stereocenters. The van der Waals surface area contributed by atoms with E-state index in [9.17, 15) is 0 Å². The molecule has 0 heterocycles. The zero-order valence-electron chi connectivity index (χ0n) is 10.7. The van der Waals surface area contributed by atoms with Crippen LogP contribution in [0.5, 0.6) is 0 Å². The van der Waals surface area contributed by atoms with E-state index < -0.39 is 0 Å². The van der Waals surface area contributed by atoms with Gasteiger partial charge >= 0.3 is 0 Å². The van der Waals surface area contributed by atoms with Gasteiger partial charge in [-0.25, -0.2) is 0 Å². The standard InChI is InChI=1S/C15H28/c1-15(2)10-8-14(9-11-15)12-13-6-4-3-5-7-13/h13-14H,3-12H2,1-2H3. The highest BCUT2D eigenvalue weighted by Gasteiger charge is 2.28. The second kappa shape index (κ2) is 4.89. The third-order valence-corrected chi connectivity index (χ3v) is 4.85. The number of hydrogen-bond donors (Lipinski definition) is 0. The van der Waals surface area contributed by atoms with Gasteiger partial charge in [0, 0.05) is 0 Å². The van der Waals surface area contributed by atoms with Gasteiger partial charge in [0.2, 0.25) is 0 Å². The van der Waals surface area contributed by atoms with Crippen LogP contribution < -0.4 is 0 Å². The first-order valence-electron chi connectivity index (χ1n) is 7.16. The van der Waals surface area contributed by atoms with E-state index in [1.54, 1.807) is 19.3 Å². The summed E-state index contributed by atoms with van der Waals surface area (Å²) in [6, 6.07) is 0. The van der Waals surface area contributed by atoms with Crippen LogP contribution in [0, 0.1) is 17.3 Å². The first-order chi connectivity index (χ1) is 7.16. The third kappa shape index (κ3) is 3.50. The summed E-state index contributed by atoms with van der Waals surface area (Å²) in [7, 11) is 0. The summed E-state index contributed by atoms with van der Waals surface area (Å²) in [5.41, 5.74) is 0.656. The lowest BCUT2D eigenvalue weighted by Crippen LogP contribution is -2.23. The van der Waals surface area contributed by atoms with Crippen molar-refractivity contribution in [2.75, 3.05) is 0 Å². The Balaban J connectivity index is 1.71. The van der Waals surface area contributed by atoms with Gasteiger partial charge in [-0.3, -0.25) is 0 Å². The maximum Gasteiger partial charge on any atom is -0.0354 e. The van der Waals surface area contributed by atoms with Gasteiger partial charge in [-0.15, -0.1) is 0 Å². The molecule has 0 unspecified atom stereocenters. The molecule has 2 fully saturated rings. The lowest BCUT2D eigenvalue weighted by atomic mass is 9.70. The summed E-state index contributed by atoms with van der Waals surface area (Å²) in [5.74, 6) is 2.19. The van der Waals surface area contributed by atoms with Crippen LogP contribution in [0.2, 0.25) is 0 Å². The molecule has 0 aliphatic heterocycles. The topological polar surface area (TPSA) is 0 Å². The SMILES string of the molecule is CC1(C)CCC(CC2CCCCC2)CC1. The van der Waals surface area contributed by atoms with Gasteiger partial charge in [0.05, 0.1) is 0 Å². The fourth-order valence-corrected chi connectivity index (χ4v) is 3.59. The molecule has 0 aromatic heterocycles. The minimum absolute atomic E-state index is 0.656. The summed E-state index contributed by atoms with van der Waals surface area (Å²) in [6.07, 6.45) is 15.2. The van der Waals surface area contributed by atoms with Gasteiger partial charge in [-0.1, -0.05) is 46.0 Å². The first-order valence-corrected chi connectivity index (χ1v) is 7.16. The lowest BCUT2D eigenvalue weighted by molar-refractivity contribution is 0.160. The van der Waals surface area contributed by atoms with E-state index in [4.69, 9.17) is 0 Å². The zero-order valence-corrected chi connectivity index (χ0v) is 10.7. The maximum absolute atomic E-state index is 2.45. The molecule has 2 saturated carbocycles. The Hall–Kier alpha value is 0. The van der Waals surface area contributed by atoms with E-state index in [2.05, 4.69) is 13.8 Å². The van der Waals surface area contributed by atoms with E-state index in [0.29, 0.717) is 5.41 Å². The van der Waals surface area contributed by atoms with Crippen LogP contribution in [0.15, 0.2) is 0 Å². The fraction of sp³-hybridized carbons (Fsp3) is 1.00. The molecule has 0 aromatic carbocycles. The smallest absolute Gasteiger partial charge is 0.0354 e. The highest BCUT2D eigenvalue weighted by atomic mass is 14.3. The average Bonchev–Trinajstić information content (AvgIpc) is 2.23. The van der Waals surface area contributed by atoms with Crippen LogP contribution in [-0.4, -0.2) is 0 Å². The van der Waals surface area contributed by atoms with E-state index in [1.807, 2.05) is 0 Å². The Morgan fingerprint density at radius 2 is 1.33 bits per heavy atom. The van der Waals surface area contributed by atoms with Crippen LogP contribution in [0.3, 0.4) is 0 Å². The molecule has 0 spiro atoms. The quantitative estimate of drug-likeness (QED) is 0.587. The molecule has 0 radical (unpaired) electrons. The van der Waals surface area contributed by atoms with Crippen LogP contribution in [0.4, 0.5) is 0 Å². The summed E-state index contributed by atoms with van der Waals surface area (Å²) in [4.78, 5) is 0. The molecular weight excluding hydrogens is 180 g/mol. The molecule has 2 aliphatic carbocycles. The molecule has 0 saturated heterocycles. The summed E-state index contributed by atoms with van der Waals surface area (Å²) >= 11 is 0. The minimum Gasteiger partial charge on any atom is -0.0599 e. The molecule has 2 rings (SSSR count).